The van der Waals surface area contributed by atoms with Gasteiger partial charge in [-0.1, -0.05) is 0 Å². The Hall–Kier alpha value is -0.650. The molecule has 2 aliphatic heterocycles. The van der Waals surface area contributed by atoms with E-state index in [1.165, 1.54) is 6.92 Å². The molecule has 0 aliphatic carbocycles. The summed E-state index contributed by atoms with van der Waals surface area (Å²) in [5, 5.41) is 0. The molecule has 1 unspecified atom stereocenters. The number of carbonyl (C=O) groups excluding carboxylic acids is 1. The van der Waals surface area contributed by atoms with Crippen LogP contribution in [0.25, 0.3) is 0 Å². The minimum atomic E-state index is -0.376. The maximum Gasteiger partial charge on any atom is 0.303 e. The van der Waals surface area contributed by atoms with Gasteiger partial charge >= 0.3 is 5.97 Å². The molecule has 0 bridgehead atoms. The second-order valence-corrected chi connectivity index (χ2v) is 3.15. The standard InChI is InChI=1S/C8H12O5/c1-4(9)11-6-3-10-8-7(6)12-5(2)13-8/h5-8H,3H2,1-2H3/t5?,6-,7-,8-/m1/s1. The molecular weight excluding hydrogens is 176 g/mol. The van der Waals surface area contributed by atoms with Gasteiger partial charge in [-0.25, -0.2) is 0 Å². The van der Waals surface area contributed by atoms with Gasteiger partial charge in [0.2, 0.25) is 0 Å². The third kappa shape index (κ3) is 1.67. The first-order valence-electron chi connectivity index (χ1n) is 4.26. The van der Waals surface area contributed by atoms with Crippen LogP contribution in [0.5, 0.6) is 0 Å². The van der Waals surface area contributed by atoms with Crippen LogP contribution in [0.15, 0.2) is 0 Å². The first-order chi connectivity index (χ1) is 6.16. The van der Waals surface area contributed by atoms with Crippen molar-refractivity contribution >= 4 is 5.97 Å². The lowest BCUT2D eigenvalue weighted by molar-refractivity contribution is -0.160. The van der Waals surface area contributed by atoms with Crippen molar-refractivity contribution < 1.29 is 23.7 Å². The molecule has 0 spiro atoms. The largest absolute Gasteiger partial charge is 0.457 e. The molecule has 5 nitrogen and oxygen atoms in total. The quantitative estimate of drug-likeness (QED) is 0.543. The monoisotopic (exact) mass is 188 g/mol. The van der Waals surface area contributed by atoms with E-state index >= 15 is 0 Å². The maximum absolute atomic E-state index is 10.7. The van der Waals surface area contributed by atoms with E-state index in [4.69, 9.17) is 18.9 Å². The Morgan fingerprint density at radius 2 is 2.23 bits per heavy atom. The summed E-state index contributed by atoms with van der Waals surface area (Å²) in [7, 11) is 0. The topological polar surface area (TPSA) is 54.0 Å². The number of ether oxygens (including phenoxy) is 4. The van der Waals surface area contributed by atoms with Crippen LogP contribution in [-0.2, 0) is 23.7 Å². The Morgan fingerprint density at radius 1 is 1.46 bits per heavy atom. The number of esters is 1. The minimum Gasteiger partial charge on any atom is -0.457 e. The van der Waals surface area contributed by atoms with Crippen LogP contribution in [-0.4, -0.2) is 37.4 Å². The molecule has 13 heavy (non-hydrogen) atoms. The van der Waals surface area contributed by atoms with Gasteiger partial charge in [0.1, 0.15) is 0 Å². The lowest BCUT2D eigenvalue weighted by atomic mass is 10.2. The Morgan fingerprint density at radius 3 is 2.92 bits per heavy atom. The molecule has 0 radical (unpaired) electrons. The van der Waals surface area contributed by atoms with E-state index < -0.39 is 0 Å². The summed E-state index contributed by atoms with van der Waals surface area (Å²) in [4.78, 5) is 10.7. The van der Waals surface area contributed by atoms with E-state index in [9.17, 15) is 4.79 Å². The molecule has 0 saturated carbocycles. The first kappa shape index (κ1) is 8.93. The molecule has 2 heterocycles. The Labute approximate surface area is 75.9 Å². The Balaban J connectivity index is 1.96. The highest BCUT2D eigenvalue weighted by Gasteiger charge is 2.47. The van der Waals surface area contributed by atoms with Crippen molar-refractivity contribution in [3.8, 4) is 0 Å². The third-order valence-corrected chi connectivity index (χ3v) is 2.05. The zero-order chi connectivity index (χ0) is 9.42. The second-order valence-electron chi connectivity index (χ2n) is 3.15. The average Bonchev–Trinajstić information content (AvgIpc) is 2.51. The Kier molecular flexibility index (Phi) is 2.23. The molecule has 0 aromatic rings. The molecule has 2 fully saturated rings. The van der Waals surface area contributed by atoms with Crippen molar-refractivity contribution in [3.63, 3.8) is 0 Å². The van der Waals surface area contributed by atoms with Crippen LogP contribution < -0.4 is 0 Å². The molecule has 2 rings (SSSR count). The summed E-state index contributed by atoms with van der Waals surface area (Å²) in [6, 6.07) is 0. The normalized spacial score (nSPS) is 43.2. The van der Waals surface area contributed by atoms with Gasteiger partial charge in [-0.3, -0.25) is 4.79 Å². The van der Waals surface area contributed by atoms with Gasteiger partial charge in [-0.05, 0) is 6.92 Å². The summed E-state index contributed by atoms with van der Waals surface area (Å²) in [5.41, 5.74) is 0. The fourth-order valence-electron chi connectivity index (χ4n) is 1.58. The summed E-state index contributed by atoms with van der Waals surface area (Å²) in [5.74, 6) is -0.322. The van der Waals surface area contributed by atoms with Crippen LogP contribution in [0.2, 0.25) is 0 Å². The molecule has 0 aromatic carbocycles. The molecule has 0 N–H and O–H groups in total. The van der Waals surface area contributed by atoms with E-state index in [-0.39, 0.29) is 30.8 Å². The van der Waals surface area contributed by atoms with Crippen LogP contribution in [0.1, 0.15) is 13.8 Å². The molecule has 4 atom stereocenters. The molecule has 74 valence electrons. The van der Waals surface area contributed by atoms with Crippen LogP contribution in [0.4, 0.5) is 0 Å². The fourth-order valence-corrected chi connectivity index (χ4v) is 1.58. The summed E-state index contributed by atoms with van der Waals surface area (Å²) < 4.78 is 20.9. The number of rotatable bonds is 1. The van der Waals surface area contributed by atoms with Crippen LogP contribution in [0.3, 0.4) is 0 Å². The minimum absolute atomic E-state index is 0.265. The van der Waals surface area contributed by atoms with Crippen molar-refractivity contribution in [2.45, 2.75) is 38.6 Å². The summed E-state index contributed by atoms with van der Waals surface area (Å²) in [6.07, 6.45) is -1.25. The van der Waals surface area contributed by atoms with Crippen molar-refractivity contribution in [3.05, 3.63) is 0 Å². The summed E-state index contributed by atoms with van der Waals surface area (Å²) in [6.45, 7) is 3.50. The lowest BCUT2D eigenvalue weighted by Crippen LogP contribution is -2.31. The van der Waals surface area contributed by atoms with Crippen molar-refractivity contribution in [1.29, 1.82) is 0 Å². The van der Waals surface area contributed by atoms with Gasteiger partial charge in [-0.15, -0.1) is 0 Å². The number of hydrogen-bond acceptors (Lipinski definition) is 5. The highest BCUT2D eigenvalue weighted by molar-refractivity contribution is 5.66. The van der Waals surface area contributed by atoms with Crippen molar-refractivity contribution in [2.75, 3.05) is 6.61 Å². The van der Waals surface area contributed by atoms with E-state index in [0.29, 0.717) is 6.61 Å². The second kappa shape index (κ2) is 3.25. The highest BCUT2D eigenvalue weighted by Crippen LogP contribution is 2.29. The van der Waals surface area contributed by atoms with E-state index in [1.807, 2.05) is 0 Å². The van der Waals surface area contributed by atoms with E-state index in [2.05, 4.69) is 0 Å². The van der Waals surface area contributed by atoms with Gasteiger partial charge in [0.25, 0.3) is 0 Å². The molecule has 0 amide bonds. The molecule has 2 saturated heterocycles. The number of fused-ring (bicyclic) bond motifs is 1. The predicted molar refractivity (Wildman–Crippen MR) is 40.7 cm³/mol. The zero-order valence-electron chi connectivity index (χ0n) is 7.56. The molecule has 2 aliphatic rings. The fraction of sp³-hybridized carbons (Fsp3) is 0.875. The maximum atomic E-state index is 10.7. The van der Waals surface area contributed by atoms with E-state index in [1.54, 1.807) is 6.92 Å². The number of hydrogen-bond donors (Lipinski definition) is 0. The SMILES string of the molecule is CC(=O)O[C@@H]1CO[C@@H]2OC(C)O[C@@H]21. The van der Waals surface area contributed by atoms with Crippen molar-refractivity contribution in [2.24, 2.45) is 0 Å². The molecule has 0 aromatic heterocycles. The Bertz CT molecular complexity index is 217. The molecular formula is C8H12O5. The first-order valence-corrected chi connectivity index (χ1v) is 4.26. The highest BCUT2D eigenvalue weighted by atomic mass is 16.8. The predicted octanol–water partition coefficient (Wildman–Crippen LogP) is 0.0358. The molecule has 5 heteroatoms. The zero-order valence-corrected chi connectivity index (χ0v) is 7.56. The van der Waals surface area contributed by atoms with Crippen LogP contribution in [0, 0.1) is 0 Å². The average molecular weight is 188 g/mol. The van der Waals surface area contributed by atoms with Gasteiger partial charge in [0, 0.05) is 6.92 Å². The van der Waals surface area contributed by atoms with Gasteiger partial charge in [-0.2, -0.15) is 0 Å². The lowest BCUT2D eigenvalue weighted by Gasteiger charge is -2.14. The smallest absolute Gasteiger partial charge is 0.303 e. The van der Waals surface area contributed by atoms with Gasteiger partial charge in [0.05, 0.1) is 6.61 Å². The summed E-state index contributed by atoms with van der Waals surface area (Å²) >= 11 is 0. The number of carbonyl (C=O) groups is 1. The van der Waals surface area contributed by atoms with Crippen LogP contribution >= 0.6 is 0 Å². The van der Waals surface area contributed by atoms with Gasteiger partial charge < -0.3 is 18.9 Å². The van der Waals surface area contributed by atoms with E-state index in [0.717, 1.165) is 0 Å². The van der Waals surface area contributed by atoms with Crippen molar-refractivity contribution in [1.82, 2.24) is 0 Å². The third-order valence-electron chi connectivity index (χ3n) is 2.05. The van der Waals surface area contributed by atoms with Gasteiger partial charge in [0.15, 0.2) is 24.8 Å².